The Labute approximate surface area is 217 Å². The van der Waals surface area contributed by atoms with Crippen molar-refractivity contribution >= 4 is 35.6 Å². The molecule has 4 amide bonds. The first kappa shape index (κ1) is 33.2. The highest BCUT2D eigenvalue weighted by molar-refractivity contribution is 5.87. The van der Waals surface area contributed by atoms with Gasteiger partial charge in [-0.15, -0.1) is 0 Å². The van der Waals surface area contributed by atoms with Gasteiger partial charge >= 0.3 is 11.9 Å². The second-order valence-corrected chi connectivity index (χ2v) is 8.46. The number of carboxylic acid groups (broad SMARTS) is 2. The summed E-state index contributed by atoms with van der Waals surface area (Å²) in [7, 11) is 6.09. The predicted octanol–water partition coefficient (Wildman–Crippen LogP) is -2.08. The molecular weight excluding hydrogens is 488 g/mol. The highest BCUT2D eigenvalue weighted by atomic mass is 16.4. The maximum Gasteiger partial charge on any atom is 0.317 e. The van der Waals surface area contributed by atoms with Gasteiger partial charge in [0.2, 0.25) is 23.6 Å². The quantitative estimate of drug-likeness (QED) is 0.150. The Kier molecular flexibility index (Phi) is 15.1. The van der Waals surface area contributed by atoms with E-state index in [0.29, 0.717) is 0 Å². The number of carbonyl (C=O) groups excluding carboxylic acids is 4. The minimum Gasteiger partial charge on any atom is -0.480 e. The van der Waals surface area contributed by atoms with Gasteiger partial charge in [-0.3, -0.25) is 38.6 Å². The molecule has 37 heavy (non-hydrogen) atoms. The van der Waals surface area contributed by atoms with Gasteiger partial charge in [0.15, 0.2) is 0 Å². The highest BCUT2D eigenvalue weighted by Gasteiger charge is 2.24. The Morgan fingerprint density at radius 2 is 0.865 bits per heavy atom. The molecule has 0 aromatic heterocycles. The van der Waals surface area contributed by atoms with E-state index in [1.165, 1.54) is 43.5 Å². The van der Waals surface area contributed by atoms with Crippen LogP contribution in [-0.4, -0.2) is 162 Å². The zero-order valence-corrected chi connectivity index (χ0v) is 22.0. The van der Waals surface area contributed by atoms with E-state index in [1.807, 2.05) is 0 Å². The number of carboxylic acids is 2. The van der Waals surface area contributed by atoms with Gasteiger partial charge in [-0.1, -0.05) is 13.2 Å². The molecule has 0 heterocycles. The first-order valence-electron chi connectivity index (χ1n) is 11.3. The molecule has 0 aromatic carbocycles. The molecule has 0 radical (unpaired) electrons. The molecule has 0 spiro atoms. The summed E-state index contributed by atoms with van der Waals surface area (Å²) in [6.07, 6.45) is 2.29. The van der Waals surface area contributed by atoms with E-state index in [2.05, 4.69) is 13.2 Å². The molecule has 2 N–H and O–H groups in total. The van der Waals surface area contributed by atoms with Gasteiger partial charge in [-0.25, -0.2) is 0 Å². The molecule has 0 rings (SSSR count). The number of amides is 4. The Morgan fingerprint density at radius 1 is 0.568 bits per heavy atom. The van der Waals surface area contributed by atoms with E-state index >= 15 is 0 Å². The van der Waals surface area contributed by atoms with Crippen LogP contribution < -0.4 is 0 Å². The van der Waals surface area contributed by atoms with Crippen LogP contribution in [0.25, 0.3) is 0 Å². The smallest absolute Gasteiger partial charge is 0.317 e. The maximum atomic E-state index is 12.7. The van der Waals surface area contributed by atoms with E-state index in [9.17, 15) is 39.0 Å². The van der Waals surface area contributed by atoms with Gasteiger partial charge < -0.3 is 29.8 Å². The van der Waals surface area contributed by atoms with Gasteiger partial charge in [-0.05, 0) is 12.2 Å². The van der Waals surface area contributed by atoms with Crippen molar-refractivity contribution in [1.29, 1.82) is 0 Å². The zero-order chi connectivity index (χ0) is 28.7. The van der Waals surface area contributed by atoms with Crippen LogP contribution in [0.3, 0.4) is 0 Å². The van der Waals surface area contributed by atoms with Gasteiger partial charge in [0.1, 0.15) is 0 Å². The van der Waals surface area contributed by atoms with Crippen LogP contribution in [0, 0.1) is 0 Å². The van der Waals surface area contributed by atoms with E-state index in [0.717, 1.165) is 12.2 Å². The molecule has 0 saturated carbocycles. The van der Waals surface area contributed by atoms with Crippen LogP contribution in [0.15, 0.2) is 25.3 Å². The van der Waals surface area contributed by atoms with Crippen LogP contribution in [0.2, 0.25) is 0 Å². The largest absolute Gasteiger partial charge is 0.480 e. The minimum absolute atomic E-state index is 0.181. The molecule has 0 aromatic rings. The molecule has 14 nitrogen and oxygen atoms in total. The second-order valence-electron chi connectivity index (χ2n) is 8.46. The van der Waals surface area contributed by atoms with Crippen molar-refractivity contribution in [2.24, 2.45) is 0 Å². The van der Waals surface area contributed by atoms with E-state index in [1.54, 1.807) is 14.1 Å². The summed E-state index contributed by atoms with van der Waals surface area (Å²) >= 11 is 0. The summed E-state index contributed by atoms with van der Waals surface area (Å²) < 4.78 is 0. The van der Waals surface area contributed by atoms with Crippen molar-refractivity contribution < 1.29 is 39.0 Å². The monoisotopic (exact) mass is 526 g/mol. The zero-order valence-electron chi connectivity index (χ0n) is 22.0. The van der Waals surface area contributed by atoms with Crippen LogP contribution in [-0.2, 0) is 28.8 Å². The van der Waals surface area contributed by atoms with E-state index in [-0.39, 0.29) is 57.8 Å². The Balaban J connectivity index is 5.25. The Morgan fingerprint density at radius 3 is 1.14 bits per heavy atom. The summed E-state index contributed by atoms with van der Waals surface area (Å²) in [5, 5.41) is 18.6. The SMILES string of the molecule is C=CC(=O)N(C)CCN(C)C(=O)CN(CC(=O)O)CN(CC(=O)O)CC(=O)N(C)CCN(C)C(=O)C=C. The fourth-order valence-electron chi connectivity index (χ4n) is 2.98. The van der Waals surface area contributed by atoms with Crippen molar-refractivity contribution in [3.8, 4) is 0 Å². The lowest BCUT2D eigenvalue weighted by Crippen LogP contribution is -2.50. The molecule has 0 aliphatic heterocycles. The molecule has 0 unspecified atom stereocenters. The average Bonchev–Trinajstić information content (AvgIpc) is 2.82. The Bertz CT molecular complexity index is 796. The number of aliphatic carboxylic acids is 2. The number of rotatable bonds is 18. The topological polar surface area (TPSA) is 162 Å². The molecule has 0 atom stereocenters. The van der Waals surface area contributed by atoms with Gasteiger partial charge in [0.25, 0.3) is 0 Å². The Hall–Kier alpha value is -3.78. The second kappa shape index (κ2) is 16.8. The number of likely N-dealkylation sites (N-methyl/N-ethyl adjacent to an activating group) is 4. The molecule has 0 aliphatic carbocycles. The molecule has 0 bridgehead atoms. The molecular formula is C23H38N6O8. The van der Waals surface area contributed by atoms with Crippen LogP contribution in [0.5, 0.6) is 0 Å². The van der Waals surface area contributed by atoms with E-state index < -0.39 is 36.8 Å². The van der Waals surface area contributed by atoms with Gasteiger partial charge in [0, 0.05) is 54.4 Å². The lowest BCUT2D eigenvalue weighted by atomic mass is 10.3. The van der Waals surface area contributed by atoms with E-state index in [4.69, 9.17) is 0 Å². The van der Waals surface area contributed by atoms with Crippen LogP contribution >= 0.6 is 0 Å². The molecule has 0 saturated heterocycles. The third kappa shape index (κ3) is 13.8. The predicted molar refractivity (Wildman–Crippen MR) is 134 cm³/mol. The third-order valence-electron chi connectivity index (χ3n) is 5.33. The fourth-order valence-corrected chi connectivity index (χ4v) is 2.98. The first-order valence-corrected chi connectivity index (χ1v) is 11.3. The first-order chi connectivity index (χ1) is 17.2. The fraction of sp³-hybridized carbons (Fsp3) is 0.565. The summed E-state index contributed by atoms with van der Waals surface area (Å²) in [5.74, 6) is -4.00. The van der Waals surface area contributed by atoms with Crippen molar-refractivity contribution in [3.63, 3.8) is 0 Å². The standard InChI is InChI=1S/C23H38N6O8/c1-7-18(30)24(3)9-11-26(5)20(32)13-28(15-22(34)35)17-29(16-23(36)37)14-21(33)27(6)12-10-25(4)19(31)8-2/h7-8H,1-2,9-17H2,3-6H3,(H,34,35)(H,36,37). The third-order valence-corrected chi connectivity index (χ3v) is 5.33. The minimum atomic E-state index is -1.24. The number of hydrogen-bond acceptors (Lipinski definition) is 8. The van der Waals surface area contributed by atoms with Crippen molar-refractivity contribution in [2.75, 3.05) is 87.2 Å². The lowest BCUT2D eigenvalue weighted by Gasteiger charge is -2.30. The van der Waals surface area contributed by atoms with Gasteiger partial charge in [0.05, 0.1) is 32.8 Å². The average molecular weight is 527 g/mol. The highest BCUT2D eigenvalue weighted by Crippen LogP contribution is 2.01. The molecule has 208 valence electrons. The molecule has 0 fully saturated rings. The maximum absolute atomic E-state index is 12.7. The number of hydrogen-bond donors (Lipinski definition) is 2. The number of nitrogens with zero attached hydrogens (tertiary/aromatic N) is 6. The van der Waals surface area contributed by atoms with Gasteiger partial charge in [-0.2, -0.15) is 0 Å². The lowest BCUT2D eigenvalue weighted by molar-refractivity contribution is -0.142. The molecule has 14 heteroatoms. The molecule has 0 aliphatic rings. The summed E-state index contributed by atoms with van der Waals surface area (Å²) in [4.78, 5) is 79.1. The van der Waals surface area contributed by atoms with Crippen LogP contribution in [0.4, 0.5) is 0 Å². The summed E-state index contributed by atoms with van der Waals surface area (Å²) in [6, 6.07) is 0. The summed E-state index contributed by atoms with van der Waals surface area (Å²) in [5.41, 5.74) is 0. The normalized spacial score (nSPS) is 10.5. The van der Waals surface area contributed by atoms with Crippen molar-refractivity contribution in [3.05, 3.63) is 25.3 Å². The number of carbonyl (C=O) groups is 6. The van der Waals surface area contributed by atoms with Crippen molar-refractivity contribution in [1.82, 2.24) is 29.4 Å². The van der Waals surface area contributed by atoms with Crippen molar-refractivity contribution in [2.45, 2.75) is 0 Å². The summed E-state index contributed by atoms with van der Waals surface area (Å²) in [6.45, 7) is 5.49. The van der Waals surface area contributed by atoms with Crippen LogP contribution in [0.1, 0.15) is 0 Å².